The molecule has 4 atom stereocenters. The molecule has 1 heterocycles. The van der Waals surface area contributed by atoms with Crippen molar-refractivity contribution in [1.82, 2.24) is 4.31 Å². The molecule has 0 aromatic carbocycles. The second-order valence-electron chi connectivity index (χ2n) is 4.88. The van der Waals surface area contributed by atoms with Gasteiger partial charge in [0.25, 0.3) is 0 Å². The van der Waals surface area contributed by atoms with Crippen LogP contribution in [0.3, 0.4) is 0 Å². The van der Waals surface area contributed by atoms with Crippen LogP contribution in [0.15, 0.2) is 0 Å². The molecule has 0 amide bonds. The zero-order chi connectivity index (χ0) is 12.9. The van der Waals surface area contributed by atoms with Gasteiger partial charge in [0.15, 0.2) is 11.6 Å². The lowest BCUT2D eigenvalue weighted by atomic mass is 10.1. The number of nitrogens with zero attached hydrogens (tertiary/aromatic N) is 1. The summed E-state index contributed by atoms with van der Waals surface area (Å²) in [6, 6.07) is -1.22. The van der Waals surface area contributed by atoms with E-state index in [1.54, 1.807) is 20.8 Å². The first kappa shape index (κ1) is 13.3. The van der Waals surface area contributed by atoms with Crippen LogP contribution in [-0.4, -0.2) is 47.3 Å². The summed E-state index contributed by atoms with van der Waals surface area (Å²) in [5.74, 6) is -2.53. The van der Waals surface area contributed by atoms with E-state index < -0.39 is 39.6 Å². The average molecular weight is 249 g/mol. The molecule has 1 fully saturated rings. The van der Waals surface area contributed by atoms with Crippen LogP contribution >= 0.6 is 0 Å². The highest BCUT2D eigenvalue weighted by atomic mass is 32.2. The quantitative estimate of drug-likeness (QED) is 0.542. The topological polar surface area (TPSA) is 101 Å². The fourth-order valence-electron chi connectivity index (χ4n) is 1.47. The van der Waals surface area contributed by atoms with Gasteiger partial charge in [-0.25, -0.2) is 4.79 Å². The van der Waals surface area contributed by atoms with Crippen LogP contribution < -0.4 is 0 Å². The highest BCUT2D eigenvalue weighted by molar-refractivity contribution is 7.90. The van der Waals surface area contributed by atoms with Crippen molar-refractivity contribution < 1.29 is 24.4 Å². The van der Waals surface area contributed by atoms with Crippen molar-refractivity contribution in [3.8, 4) is 0 Å². The predicted octanol–water partition coefficient (Wildman–Crippen LogP) is 0.0607. The van der Waals surface area contributed by atoms with E-state index in [0.29, 0.717) is 0 Å². The molecule has 6 nitrogen and oxygen atoms in total. The number of carbonyl (C=O) groups is 2. The minimum atomic E-state index is -1.65. The normalized spacial score (nSPS) is 35.6. The summed E-state index contributed by atoms with van der Waals surface area (Å²) in [6.45, 7) is 6.28. The molecular formula is C9H15NO5S. The fraction of sp³-hybridized carbons (Fsp3) is 0.778. The second-order valence-corrected chi connectivity index (χ2v) is 7.00. The van der Waals surface area contributed by atoms with E-state index in [-0.39, 0.29) is 0 Å². The van der Waals surface area contributed by atoms with Gasteiger partial charge < -0.3 is 14.8 Å². The van der Waals surface area contributed by atoms with Crippen molar-refractivity contribution in [1.29, 1.82) is 0 Å². The molecule has 1 aliphatic heterocycles. The molecule has 0 saturated carbocycles. The monoisotopic (exact) mass is 249 g/mol. The van der Waals surface area contributed by atoms with Crippen LogP contribution in [0.25, 0.3) is 0 Å². The van der Waals surface area contributed by atoms with Gasteiger partial charge in [0, 0.05) is 11.4 Å². The summed E-state index contributed by atoms with van der Waals surface area (Å²) in [6.07, 6.45) is 0. The third kappa shape index (κ3) is 1.79. The Morgan fingerprint density at radius 2 is 1.81 bits per heavy atom. The van der Waals surface area contributed by atoms with Gasteiger partial charge in [-0.15, -0.1) is 0 Å². The Balaban J connectivity index is 2.99. The van der Waals surface area contributed by atoms with Crippen molar-refractivity contribution in [2.75, 3.05) is 0 Å². The number of carboxylic acid groups (broad SMARTS) is 2. The molecule has 0 radical (unpaired) electrons. The first-order valence-electron chi connectivity index (χ1n) is 4.72. The van der Waals surface area contributed by atoms with Crippen LogP contribution in [0.5, 0.6) is 0 Å². The van der Waals surface area contributed by atoms with Crippen LogP contribution in [0.2, 0.25) is 0 Å². The summed E-state index contributed by atoms with van der Waals surface area (Å²) >= 11 is -1.65. The standard InChI is InChI=1S/C9H15NO5S/c1-8(2,3)16(15)10-5(6(11)12)9(10,4)7(13)14/h5H,1-4H3,(H,11,12)(H,13,14)/t5-,9-,10?,16?/m1/s1. The average Bonchev–Trinajstić information content (AvgIpc) is 2.70. The third-order valence-corrected chi connectivity index (χ3v) is 4.52. The lowest BCUT2D eigenvalue weighted by molar-refractivity contribution is -0.143. The van der Waals surface area contributed by atoms with Crippen molar-refractivity contribution in [3.05, 3.63) is 0 Å². The Morgan fingerprint density at radius 3 is 2.00 bits per heavy atom. The van der Waals surface area contributed by atoms with Crippen LogP contribution in [0, 0.1) is 0 Å². The van der Waals surface area contributed by atoms with E-state index in [1.165, 1.54) is 6.92 Å². The molecule has 2 N–H and O–H groups in total. The van der Waals surface area contributed by atoms with Gasteiger partial charge in [0.05, 0.1) is 0 Å². The molecule has 1 saturated heterocycles. The largest absolute Gasteiger partial charge is 0.597 e. The molecule has 16 heavy (non-hydrogen) atoms. The highest BCUT2D eigenvalue weighted by Crippen LogP contribution is 2.47. The number of hydrogen-bond donors (Lipinski definition) is 2. The Kier molecular flexibility index (Phi) is 3.00. The SMILES string of the molecule is CC(C)(C)[S+]([O-])N1[C@H](C(=O)O)[C@]1(C)C(=O)O. The van der Waals surface area contributed by atoms with E-state index in [2.05, 4.69) is 0 Å². The smallest absolute Gasteiger partial charge is 0.330 e. The zero-order valence-corrected chi connectivity index (χ0v) is 10.4. The lowest BCUT2D eigenvalue weighted by Gasteiger charge is -2.25. The van der Waals surface area contributed by atoms with Crippen molar-refractivity contribution >= 4 is 23.3 Å². The van der Waals surface area contributed by atoms with Gasteiger partial charge in [-0.3, -0.25) is 4.79 Å². The van der Waals surface area contributed by atoms with Crippen LogP contribution in [-0.2, 0) is 21.0 Å². The zero-order valence-electron chi connectivity index (χ0n) is 9.55. The van der Waals surface area contributed by atoms with Crippen molar-refractivity contribution in [2.24, 2.45) is 0 Å². The predicted molar refractivity (Wildman–Crippen MR) is 57.2 cm³/mol. The molecule has 0 aromatic heterocycles. The minimum absolute atomic E-state index is 0.680. The Labute approximate surface area is 96.6 Å². The van der Waals surface area contributed by atoms with Crippen molar-refractivity contribution in [2.45, 2.75) is 44.0 Å². The van der Waals surface area contributed by atoms with Gasteiger partial charge in [-0.1, -0.05) is 4.31 Å². The Morgan fingerprint density at radius 1 is 1.38 bits per heavy atom. The first-order valence-corrected chi connectivity index (χ1v) is 5.82. The Bertz CT molecular complexity index is 339. The molecule has 0 aromatic rings. The van der Waals surface area contributed by atoms with Gasteiger partial charge >= 0.3 is 11.9 Å². The Hall–Kier alpha value is -0.790. The van der Waals surface area contributed by atoms with Crippen LogP contribution in [0.1, 0.15) is 27.7 Å². The summed E-state index contributed by atoms with van der Waals surface area (Å²) in [5.41, 5.74) is -1.57. The summed E-state index contributed by atoms with van der Waals surface area (Å²) in [4.78, 5) is 21.9. The lowest BCUT2D eigenvalue weighted by Crippen LogP contribution is -2.38. The molecule has 0 aliphatic carbocycles. The molecule has 0 bridgehead atoms. The molecule has 92 valence electrons. The fourth-order valence-corrected chi connectivity index (χ4v) is 3.03. The molecule has 1 rings (SSSR count). The molecule has 1 aliphatic rings. The first-order chi connectivity index (χ1) is 7.04. The maximum Gasteiger partial charge on any atom is 0.330 e. The second kappa shape index (κ2) is 3.61. The molecule has 2 unspecified atom stereocenters. The van der Waals surface area contributed by atoms with Crippen LogP contribution in [0.4, 0.5) is 0 Å². The van der Waals surface area contributed by atoms with Gasteiger partial charge in [0.1, 0.15) is 4.75 Å². The molecule has 7 heteroatoms. The maximum absolute atomic E-state index is 12.0. The van der Waals surface area contributed by atoms with E-state index in [0.717, 1.165) is 4.31 Å². The van der Waals surface area contributed by atoms with E-state index >= 15 is 0 Å². The number of rotatable bonds is 3. The minimum Gasteiger partial charge on any atom is -0.597 e. The van der Waals surface area contributed by atoms with Gasteiger partial charge in [-0.05, 0) is 27.7 Å². The summed E-state index contributed by atoms with van der Waals surface area (Å²) < 4.78 is 12.3. The number of hydrogen-bond acceptors (Lipinski definition) is 4. The van der Waals surface area contributed by atoms with E-state index in [1.807, 2.05) is 0 Å². The van der Waals surface area contributed by atoms with E-state index in [4.69, 9.17) is 10.2 Å². The molecular weight excluding hydrogens is 234 g/mol. The molecule has 0 spiro atoms. The van der Waals surface area contributed by atoms with Crippen molar-refractivity contribution in [3.63, 3.8) is 0 Å². The van der Waals surface area contributed by atoms with Gasteiger partial charge in [0.2, 0.25) is 0 Å². The number of aliphatic carboxylic acids is 2. The van der Waals surface area contributed by atoms with Gasteiger partial charge in [-0.2, -0.15) is 0 Å². The van der Waals surface area contributed by atoms with E-state index in [9.17, 15) is 14.1 Å². The number of carboxylic acids is 2. The summed E-state index contributed by atoms with van der Waals surface area (Å²) in [5, 5.41) is 17.9. The third-order valence-electron chi connectivity index (χ3n) is 2.53. The highest BCUT2D eigenvalue weighted by Gasteiger charge is 2.77. The maximum atomic E-state index is 12.0. The summed E-state index contributed by atoms with van der Waals surface area (Å²) in [7, 11) is 0.